The predicted octanol–water partition coefficient (Wildman–Crippen LogP) is 3.08. The Balaban J connectivity index is 1.59. The molecule has 23 heavy (non-hydrogen) atoms. The van der Waals surface area contributed by atoms with Crippen molar-refractivity contribution in [3.8, 4) is 5.82 Å². The van der Waals surface area contributed by atoms with Crippen molar-refractivity contribution in [3.05, 3.63) is 41.3 Å². The van der Waals surface area contributed by atoms with Gasteiger partial charge in [0.25, 0.3) is 0 Å². The molecule has 2 aromatic rings. The summed E-state index contributed by atoms with van der Waals surface area (Å²) in [5.74, 6) is 1.19. The summed E-state index contributed by atoms with van der Waals surface area (Å²) in [5, 5.41) is 7.47. The number of hydrogen-bond acceptors (Lipinski definition) is 3. The van der Waals surface area contributed by atoms with Crippen molar-refractivity contribution >= 4 is 5.91 Å². The van der Waals surface area contributed by atoms with E-state index in [4.69, 9.17) is 0 Å². The van der Waals surface area contributed by atoms with E-state index in [0.29, 0.717) is 6.54 Å². The van der Waals surface area contributed by atoms with Gasteiger partial charge in [-0.15, -0.1) is 0 Å². The van der Waals surface area contributed by atoms with Gasteiger partial charge in [-0.1, -0.05) is 25.3 Å². The molecular formula is C18H24N4O. The Bertz CT molecular complexity index is 669. The monoisotopic (exact) mass is 312 g/mol. The zero-order chi connectivity index (χ0) is 16.2. The molecule has 3 rings (SSSR count). The van der Waals surface area contributed by atoms with Crippen LogP contribution < -0.4 is 5.32 Å². The van der Waals surface area contributed by atoms with E-state index < -0.39 is 0 Å². The lowest BCUT2D eigenvalue weighted by Gasteiger charge is -2.20. The third-order valence-electron chi connectivity index (χ3n) is 4.48. The van der Waals surface area contributed by atoms with Gasteiger partial charge in [0, 0.05) is 24.4 Å². The van der Waals surface area contributed by atoms with Crippen molar-refractivity contribution < 1.29 is 4.79 Å². The van der Waals surface area contributed by atoms with Crippen LogP contribution in [0.3, 0.4) is 0 Å². The fourth-order valence-corrected chi connectivity index (χ4v) is 3.21. The lowest BCUT2D eigenvalue weighted by atomic mass is 9.88. The number of rotatable bonds is 4. The Hall–Kier alpha value is -2.17. The Labute approximate surface area is 137 Å². The van der Waals surface area contributed by atoms with Crippen molar-refractivity contribution in [2.75, 3.05) is 0 Å². The molecule has 1 N–H and O–H groups in total. The Morgan fingerprint density at radius 2 is 2.04 bits per heavy atom. The number of amides is 1. The lowest BCUT2D eigenvalue weighted by Crippen LogP contribution is -2.31. The predicted molar refractivity (Wildman–Crippen MR) is 89.3 cm³/mol. The largest absolute Gasteiger partial charge is 0.352 e. The molecule has 1 fully saturated rings. The second kappa shape index (κ2) is 6.94. The first-order chi connectivity index (χ1) is 11.1. The normalized spacial score (nSPS) is 15.6. The number of carbonyl (C=O) groups is 1. The summed E-state index contributed by atoms with van der Waals surface area (Å²) in [6.45, 7) is 4.53. The van der Waals surface area contributed by atoms with Crippen molar-refractivity contribution in [3.63, 3.8) is 0 Å². The first kappa shape index (κ1) is 15.7. The second-order valence-electron chi connectivity index (χ2n) is 6.42. The molecule has 5 heteroatoms. The van der Waals surface area contributed by atoms with E-state index in [1.807, 2.05) is 42.9 Å². The van der Waals surface area contributed by atoms with Crippen LogP contribution in [0.15, 0.2) is 24.4 Å². The molecular weight excluding hydrogens is 288 g/mol. The molecule has 1 aliphatic rings. The number of nitrogens with zero attached hydrogens (tertiary/aromatic N) is 3. The standard InChI is InChI=1S/C18H24N4O/c1-13-10-14(2)22(21-13)17-9-8-15(11-19-17)12-20-18(23)16-6-4-3-5-7-16/h8-11,16H,3-7,12H2,1-2H3,(H,20,23). The van der Waals surface area contributed by atoms with E-state index in [2.05, 4.69) is 15.4 Å². The Morgan fingerprint density at radius 1 is 1.26 bits per heavy atom. The minimum Gasteiger partial charge on any atom is -0.352 e. The van der Waals surface area contributed by atoms with Gasteiger partial charge in [0.05, 0.1) is 5.69 Å². The third kappa shape index (κ3) is 3.78. The molecule has 0 radical (unpaired) electrons. The molecule has 2 aromatic heterocycles. The SMILES string of the molecule is Cc1cc(C)n(-c2ccc(CNC(=O)C3CCCCC3)cn2)n1. The number of hydrogen-bond donors (Lipinski definition) is 1. The smallest absolute Gasteiger partial charge is 0.223 e. The van der Waals surface area contributed by atoms with E-state index in [0.717, 1.165) is 35.6 Å². The zero-order valence-corrected chi connectivity index (χ0v) is 13.9. The average molecular weight is 312 g/mol. The molecule has 5 nitrogen and oxygen atoms in total. The number of aromatic nitrogens is 3. The average Bonchev–Trinajstić information content (AvgIpc) is 2.92. The summed E-state index contributed by atoms with van der Waals surface area (Å²) in [4.78, 5) is 16.6. The summed E-state index contributed by atoms with van der Waals surface area (Å²) in [6.07, 6.45) is 7.49. The van der Waals surface area contributed by atoms with Crippen LogP contribution in [-0.2, 0) is 11.3 Å². The maximum Gasteiger partial charge on any atom is 0.223 e. The van der Waals surface area contributed by atoms with Crippen LogP contribution in [0.2, 0.25) is 0 Å². The minimum absolute atomic E-state index is 0.187. The molecule has 0 spiro atoms. The van der Waals surface area contributed by atoms with Crippen molar-refractivity contribution in [2.45, 2.75) is 52.5 Å². The van der Waals surface area contributed by atoms with Crippen LogP contribution in [0.25, 0.3) is 5.82 Å². The van der Waals surface area contributed by atoms with E-state index in [-0.39, 0.29) is 11.8 Å². The van der Waals surface area contributed by atoms with Gasteiger partial charge in [0.2, 0.25) is 5.91 Å². The number of carbonyl (C=O) groups excluding carboxylic acids is 1. The highest BCUT2D eigenvalue weighted by molar-refractivity contribution is 5.78. The number of aryl methyl sites for hydroxylation is 2. The molecule has 122 valence electrons. The lowest BCUT2D eigenvalue weighted by molar-refractivity contribution is -0.126. The van der Waals surface area contributed by atoms with E-state index in [1.54, 1.807) is 0 Å². The third-order valence-corrected chi connectivity index (χ3v) is 4.48. The number of nitrogens with one attached hydrogen (secondary N) is 1. The second-order valence-corrected chi connectivity index (χ2v) is 6.42. The van der Waals surface area contributed by atoms with Gasteiger partial charge in [0.15, 0.2) is 5.82 Å². The zero-order valence-electron chi connectivity index (χ0n) is 13.9. The molecule has 0 saturated heterocycles. The topological polar surface area (TPSA) is 59.8 Å². The van der Waals surface area contributed by atoms with Gasteiger partial charge in [-0.3, -0.25) is 4.79 Å². The van der Waals surface area contributed by atoms with Crippen LogP contribution >= 0.6 is 0 Å². The minimum atomic E-state index is 0.187. The summed E-state index contributed by atoms with van der Waals surface area (Å²) >= 11 is 0. The molecule has 1 saturated carbocycles. The van der Waals surface area contributed by atoms with Gasteiger partial charge < -0.3 is 5.32 Å². The van der Waals surface area contributed by atoms with Gasteiger partial charge in [0.1, 0.15) is 0 Å². The fourth-order valence-electron chi connectivity index (χ4n) is 3.21. The quantitative estimate of drug-likeness (QED) is 0.944. The van der Waals surface area contributed by atoms with Crippen LogP contribution in [-0.4, -0.2) is 20.7 Å². The molecule has 0 bridgehead atoms. The Kier molecular flexibility index (Phi) is 4.74. The fraction of sp³-hybridized carbons (Fsp3) is 0.500. The summed E-state index contributed by atoms with van der Waals surface area (Å²) in [7, 11) is 0. The molecule has 1 amide bonds. The van der Waals surface area contributed by atoms with E-state index in [9.17, 15) is 4.79 Å². The molecule has 0 atom stereocenters. The highest BCUT2D eigenvalue weighted by Gasteiger charge is 2.20. The van der Waals surface area contributed by atoms with Crippen LogP contribution in [0, 0.1) is 19.8 Å². The summed E-state index contributed by atoms with van der Waals surface area (Å²) in [6, 6.07) is 5.97. The molecule has 2 heterocycles. The maximum absolute atomic E-state index is 12.2. The molecule has 0 unspecified atom stereocenters. The summed E-state index contributed by atoms with van der Waals surface area (Å²) in [5.41, 5.74) is 3.06. The van der Waals surface area contributed by atoms with Gasteiger partial charge in [-0.2, -0.15) is 5.10 Å². The summed E-state index contributed by atoms with van der Waals surface area (Å²) < 4.78 is 1.83. The molecule has 0 aromatic carbocycles. The van der Waals surface area contributed by atoms with Crippen LogP contribution in [0.1, 0.15) is 49.1 Å². The van der Waals surface area contributed by atoms with Crippen molar-refractivity contribution in [1.29, 1.82) is 0 Å². The van der Waals surface area contributed by atoms with Crippen LogP contribution in [0.5, 0.6) is 0 Å². The van der Waals surface area contributed by atoms with Crippen molar-refractivity contribution in [1.82, 2.24) is 20.1 Å². The number of pyridine rings is 1. The highest BCUT2D eigenvalue weighted by Crippen LogP contribution is 2.23. The van der Waals surface area contributed by atoms with Crippen LogP contribution in [0.4, 0.5) is 0 Å². The molecule has 1 aliphatic carbocycles. The van der Waals surface area contributed by atoms with E-state index >= 15 is 0 Å². The van der Waals surface area contributed by atoms with E-state index in [1.165, 1.54) is 19.3 Å². The van der Waals surface area contributed by atoms with Gasteiger partial charge in [-0.25, -0.2) is 9.67 Å². The first-order valence-corrected chi connectivity index (χ1v) is 8.40. The van der Waals surface area contributed by atoms with Gasteiger partial charge >= 0.3 is 0 Å². The first-order valence-electron chi connectivity index (χ1n) is 8.40. The van der Waals surface area contributed by atoms with Gasteiger partial charge in [-0.05, 0) is 44.4 Å². The Morgan fingerprint density at radius 3 is 2.65 bits per heavy atom. The highest BCUT2D eigenvalue weighted by atomic mass is 16.1. The molecule has 0 aliphatic heterocycles. The van der Waals surface area contributed by atoms with Crippen molar-refractivity contribution in [2.24, 2.45) is 5.92 Å². The maximum atomic E-state index is 12.2.